The maximum atomic E-state index is 13.0. The van der Waals surface area contributed by atoms with E-state index >= 15 is 0 Å². The molecule has 2 N–H and O–H groups in total. The first kappa shape index (κ1) is 13.7. The molecule has 0 spiro atoms. The summed E-state index contributed by atoms with van der Waals surface area (Å²) >= 11 is 0. The van der Waals surface area contributed by atoms with Gasteiger partial charge in [0.2, 0.25) is 0 Å². The number of nitrogens with one attached hydrogen (secondary N) is 1. The number of benzene rings is 1. The molecule has 1 aromatic carbocycles. The topological polar surface area (TPSA) is 45.4 Å². The van der Waals surface area contributed by atoms with Gasteiger partial charge in [-0.15, -0.1) is 0 Å². The Morgan fingerprint density at radius 3 is 2.53 bits per heavy atom. The predicted octanol–water partition coefficient (Wildman–Crippen LogP) is 2.56. The van der Waals surface area contributed by atoms with E-state index in [0.29, 0.717) is 11.3 Å². The lowest BCUT2D eigenvalue weighted by Crippen LogP contribution is -2.34. The Bertz CT molecular complexity index is 518. The van der Waals surface area contributed by atoms with Crippen LogP contribution in [-0.2, 0) is 12.1 Å². The van der Waals surface area contributed by atoms with Crippen LogP contribution in [0, 0.1) is 11.6 Å². The molecule has 0 saturated carbocycles. The smallest absolute Gasteiger partial charge is 0.136 e. The summed E-state index contributed by atoms with van der Waals surface area (Å²) in [7, 11) is 0. The minimum Gasteiger partial charge on any atom is -0.466 e. The third-order valence-electron chi connectivity index (χ3n) is 2.77. The van der Waals surface area contributed by atoms with Crippen molar-refractivity contribution in [2.45, 2.75) is 19.1 Å². The van der Waals surface area contributed by atoms with Crippen molar-refractivity contribution >= 4 is 0 Å². The molecule has 1 aromatic heterocycles. The molecule has 0 aliphatic carbocycles. The lowest BCUT2D eigenvalue weighted by molar-refractivity contribution is 0.0340. The molecule has 0 amide bonds. The molecular weight excluding hydrogens is 252 g/mol. The molecule has 0 aliphatic rings. The maximum absolute atomic E-state index is 13.0. The van der Waals surface area contributed by atoms with Gasteiger partial charge in [-0.2, -0.15) is 0 Å². The van der Waals surface area contributed by atoms with Crippen LogP contribution in [0.1, 0.15) is 18.2 Å². The normalized spacial score (nSPS) is 14.3. The fourth-order valence-electron chi connectivity index (χ4n) is 1.84. The van der Waals surface area contributed by atoms with Gasteiger partial charge >= 0.3 is 0 Å². The van der Waals surface area contributed by atoms with E-state index in [9.17, 15) is 13.9 Å². The van der Waals surface area contributed by atoms with Crippen LogP contribution >= 0.6 is 0 Å². The average molecular weight is 267 g/mol. The number of furan rings is 1. The van der Waals surface area contributed by atoms with Crippen LogP contribution in [0.3, 0.4) is 0 Å². The van der Waals surface area contributed by atoms with Gasteiger partial charge in [-0.1, -0.05) is 0 Å². The fourth-order valence-corrected chi connectivity index (χ4v) is 1.84. The Labute approximate surface area is 109 Å². The van der Waals surface area contributed by atoms with E-state index in [2.05, 4.69) is 5.32 Å². The van der Waals surface area contributed by atoms with Crippen molar-refractivity contribution in [2.75, 3.05) is 6.54 Å². The highest BCUT2D eigenvalue weighted by atomic mass is 19.1. The van der Waals surface area contributed by atoms with Crippen molar-refractivity contribution in [1.29, 1.82) is 0 Å². The second-order valence-corrected chi connectivity index (χ2v) is 4.63. The largest absolute Gasteiger partial charge is 0.466 e. The summed E-state index contributed by atoms with van der Waals surface area (Å²) in [4.78, 5) is 0. The molecule has 0 fully saturated rings. The van der Waals surface area contributed by atoms with E-state index in [-0.39, 0.29) is 13.1 Å². The minimum absolute atomic E-state index is 0.207. The van der Waals surface area contributed by atoms with Crippen molar-refractivity contribution < 1.29 is 18.3 Å². The second-order valence-electron chi connectivity index (χ2n) is 4.63. The summed E-state index contributed by atoms with van der Waals surface area (Å²) in [6.07, 6.45) is 1.48. The number of hydrogen-bond acceptors (Lipinski definition) is 3. The molecule has 0 saturated heterocycles. The Hall–Kier alpha value is -1.72. The number of hydrogen-bond donors (Lipinski definition) is 2. The fraction of sp³-hybridized carbons (Fsp3) is 0.286. The summed E-state index contributed by atoms with van der Waals surface area (Å²) in [6.45, 7) is 2.06. The van der Waals surface area contributed by atoms with E-state index in [4.69, 9.17) is 4.42 Å². The number of halogens is 2. The van der Waals surface area contributed by atoms with Crippen molar-refractivity contribution in [3.05, 3.63) is 59.6 Å². The molecule has 0 aliphatic heterocycles. The summed E-state index contributed by atoms with van der Waals surface area (Å²) in [5.41, 5.74) is -0.692. The van der Waals surface area contributed by atoms with E-state index < -0.39 is 17.2 Å². The molecule has 3 nitrogen and oxygen atoms in total. The Kier molecular flexibility index (Phi) is 3.97. The van der Waals surface area contributed by atoms with E-state index in [1.807, 2.05) is 0 Å². The van der Waals surface area contributed by atoms with Gasteiger partial charge in [0.05, 0.1) is 6.26 Å². The molecule has 0 bridgehead atoms. The number of aliphatic hydroxyl groups is 1. The molecule has 5 heteroatoms. The minimum atomic E-state index is -1.17. The van der Waals surface area contributed by atoms with Crippen LogP contribution in [0.2, 0.25) is 0 Å². The number of rotatable bonds is 5. The highest BCUT2D eigenvalue weighted by Gasteiger charge is 2.25. The summed E-state index contributed by atoms with van der Waals surface area (Å²) < 4.78 is 31.1. The van der Waals surface area contributed by atoms with Crippen LogP contribution in [0.25, 0.3) is 0 Å². The summed E-state index contributed by atoms with van der Waals surface area (Å²) in [5.74, 6) is -0.797. The van der Waals surface area contributed by atoms with Gasteiger partial charge in [0, 0.05) is 19.2 Å². The van der Waals surface area contributed by atoms with Gasteiger partial charge in [0.15, 0.2) is 0 Å². The second kappa shape index (κ2) is 5.50. The highest BCUT2D eigenvalue weighted by molar-refractivity contribution is 5.18. The van der Waals surface area contributed by atoms with Crippen LogP contribution in [-0.4, -0.2) is 11.7 Å². The average Bonchev–Trinajstić information content (AvgIpc) is 2.81. The maximum Gasteiger partial charge on any atom is 0.136 e. The molecular formula is C14H15F2NO2. The van der Waals surface area contributed by atoms with Crippen LogP contribution in [0.5, 0.6) is 0 Å². The molecule has 2 rings (SSSR count). The van der Waals surface area contributed by atoms with Crippen molar-refractivity contribution in [2.24, 2.45) is 0 Å². The third-order valence-corrected chi connectivity index (χ3v) is 2.77. The first-order valence-corrected chi connectivity index (χ1v) is 5.89. The van der Waals surface area contributed by atoms with Gasteiger partial charge in [0.25, 0.3) is 0 Å². The zero-order valence-electron chi connectivity index (χ0n) is 10.5. The Morgan fingerprint density at radius 1 is 1.26 bits per heavy atom. The first-order chi connectivity index (χ1) is 8.97. The van der Waals surface area contributed by atoms with E-state index in [1.165, 1.54) is 18.4 Å². The highest BCUT2D eigenvalue weighted by Crippen LogP contribution is 2.20. The van der Waals surface area contributed by atoms with Crippen LogP contribution in [0.15, 0.2) is 41.0 Å². The van der Waals surface area contributed by atoms with Gasteiger partial charge in [-0.3, -0.25) is 0 Å². The van der Waals surface area contributed by atoms with Gasteiger partial charge in [-0.25, -0.2) is 8.78 Å². The SMILES string of the molecule is CC(O)(CNCc1cc(F)cc(F)c1)c1ccco1. The summed E-state index contributed by atoms with van der Waals surface area (Å²) in [6, 6.07) is 6.67. The first-order valence-electron chi connectivity index (χ1n) is 5.89. The van der Waals surface area contributed by atoms with Crippen LogP contribution in [0.4, 0.5) is 8.78 Å². The predicted molar refractivity (Wildman–Crippen MR) is 66.3 cm³/mol. The molecule has 2 aromatic rings. The van der Waals surface area contributed by atoms with Crippen molar-refractivity contribution in [3.8, 4) is 0 Å². The lowest BCUT2D eigenvalue weighted by Gasteiger charge is -2.21. The van der Waals surface area contributed by atoms with Gasteiger partial charge in [0.1, 0.15) is 23.0 Å². The van der Waals surface area contributed by atoms with Gasteiger partial charge < -0.3 is 14.8 Å². The van der Waals surface area contributed by atoms with E-state index in [1.54, 1.807) is 19.1 Å². The molecule has 1 atom stereocenters. The van der Waals surface area contributed by atoms with E-state index in [0.717, 1.165) is 6.07 Å². The quantitative estimate of drug-likeness (QED) is 0.875. The third kappa shape index (κ3) is 3.62. The molecule has 102 valence electrons. The molecule has 1 heterocycles. The van der Waals surface area contributed by atoms with Crippen molar-refractivity contribution in [1.82, 2.24) is 5.32 Å². The van der Waals surface area contributed by atoms with Crippen molar-refractivity contribution in [3.63, 3.8) is 0 Å². The zero-order valence-corrected chi connectivity index (χ0v) is 10.5. The van der Waals surface area contributed by atoms with Gasteiger partial charge in [-0.05, 0) is 36.8 Å². The molecule has 19 heavy (non-hydrogen) atoms. The van der Waals surface area contributed by atoms with Crippen LogP contribution < -0.4 is 5.32 Å². The standard InChI is InChI=1S/C14H15F2NO2/c1-14(18,13-3-2-4-19-13)9-17-8-10-5-11(15)7-12(16)6-10/h2-7,17-18H,8-9H2,1H3. The molecule has 1 unspecified atom stereocenters. The zero-order chi connectivity index (χ0) is 13.9. The Balaban J connectivity index is 1.93. The summed E-state index contributed by atoms with van der Waals surface area (Å²) in [5, 5.41) is 13.1. The molecule has 0 radical (unpaired) electrons. The Morgan fingerprint density at radius 2 is 1.95 bits per heavy atom. The lowest BCUT2D eigenvalue weighted by atomic mass is 10.0. The monoisotopic (exact) mass is 267 g/mol.